The van der Waals surface area contributed by atoms with Crippen molar-refractivity contribution in [3.8, 4) is 0 Å². The van der Waals surface area contributed by atoms with Gasteiger partial charge in [-0.3, -0.25) is 4.90 Å². The third-order valence-electron chi connectivity index (χ3n) is 4.46. The summed E-state index contributed by atoms with van der Waals surface area (Å²) in [5, 5.41) is 17.2. The molecule has 0 bridgehead atoms. The lowest BCUT2D eigenvalue weighted by Gasteiger charge is -2.26. The van der Waals surface area contributed by atoms with E-state index in [4.69, 9.17) is 9.15 Å². The van der Waals surface area contributed by atoms with Crippen molar-refractivity contribution in [2.45, 2.75) is 39.2 Å². The minimum atomic E-state index is -1.12. The summed E-state index contributed by atoms with van der Waals surface area (Å²) in [5.74, 6) is 2.05. The molecule has 3 N–H and O–H groups in total. The molecular weight excluding hydrogens is 459 g/mol. The number of ether oxygens (including phenoxy) is 1. The van der Waals surface area contributed by atoms with Gasteiger partial charge in [0.05, 0.1) is 19.8 Å². The summed E-state index contributed by atoms with van der Waals surface area (Å²) >= 11 is 0. The van der Waals surface area contributed by atoms with Crippen molar-refractivity contribution in [3.63, 3.8) is 0 Å². The van der Waals surface area contributed by atoms with Crippen LogP contribution >= 0.6 is 24.0 Å². The highest BCUT2D eigenvalue weighted by atomic mass is 127. The fraction of sp³-hybridized carbons (Fsp3) is 0.737. The number of halogens is 1. The Balaban J connectivity index is 0.00000364. The first kappa shape index (κ1) is 24.2. The van der Waals surface area contributed by atoms with Gasteiger partial charge < -0.3 is 24.9 Å². The monoisotopic (exact) mass is 494 g/mol. The molecule has 1 aliphatic heterocycles. The Bertz CT molecular complexity index is 557. The number of furan rings is 1. The molecule has 1 aromatic rings. The summed E-state index contributed by atoms with van der Waals surface area (Å²) in [6, 6.07) is 3.66. The lowest BCUT2D eigenvalue weighted by atomic mass is 10.0. The summed E-state index contributed by atoms with van der Waals surface area (Å²) in [5.41, 5.74) is -1.12. The van der Waals surface area contributed by atoms with Gasteiger partial charge in [0.15, 0.2) is 5.96 Å². The van der Waals surface area contributed by atoms with E-state index in [2.05, 4.69) is 20.5 Å². The molecule has 1 aliphatic rings. The molecule has 156 valence electrons. The van der Waals surface area contributed by atoms with Gasteiger partial charge in [0.25, 0.3) is 0 Å². The number of aryl methyl sites for hydroxylation is 1. The van der Waals surface area contributed by atoms with Crippen LogP contribution in [0.5, 0.6) is 0 Å². The van der Waals surface area contributed by atoms with Crippen molar-refractivity contribution in [3.05, 3.63) is 23.7 Å². The van der Waals surface area contributed by atoms with E-state index in [9.17, 15) is 5.11 Å². The van der Waals surface area contributed by atoms with E-state index >= 15 is 0 Å². The van der Waals surface area contributed by atoms with Gasteiger partial charge in [-0.05, 0) is 52.3 Å². The van der Waals surface area contributed by atoms with E-state index in [0.717, 1.165) is 70.5 Å². The minimum absolute atomic E-state index is 0. The molecule has 1 saturated heterocycles. The van der Waals surface area contributed by atoms with Gasteiger partial charge >= 0.3 is 0 Å². The van der Waals surface area contributed by atoms with Gasteiger partial charge in [-0.15, -0.1) is 24.0 Å². The smallest absolute Gasteiger partial charge is 0.191 e. The second-order valence-electron chi connectivity index (χ2n) is 6.97. The van der Waals surface area contributed by atoms with Crippen molar-refractivity contribution in [2.75, 3.05) is 52.5 Å². The molecule has 2 rings (SSSR count). The zero-order valence-corrected chi connectivity index (χ0v) is 19.1. The first-order valence-electron chi connectivity index (χ1n) is 9.63. The number of unbranched alkanes of at least 4 members (excludes halogenated alkanes) is 1. The highest BCUT2D eigenvalue weighted by molar-refractivity contribution is 14.0. The average molecular weight is 494 g/mol. The van der Waals surface area contributed by atoms with Crippen molar-refractivity contribution >= 4 is 29.9 Å². The van der Waals surface area contributed by atoms with Gasteiger partial charge in [-0.2, -0.15) is 0 Å². The second kappa shape index (κ2) is 12.6. The summed E-state index contributed by atoms with van der Waals surface area (Å²) < 4.78 is 10.9. The molecular formula is C19H35IN4O3. The van der Waals surface area contributed by atoms with Crippen LogP contribution in [0.25, 0.3) is 0 Å². The summed E-state index contributed by atoms with van der Waals surface area (Å²) in [6.45, 7) is 12.4. The van der Waals surface area contributed by atoms with Gasteiger partial charge in [0.2, 0.25) is 0 Å². The molecule has 8 heteroatoms. The molecule has 1 fully saturated rings. The Morgan fingerprint density at radius 2 is 2.00 bits per heavy atom. The maximum absolute atomic E-state index is 10.6. The standard InChI is InChI=1S/C19H34N4O3.HI/c1-4-20-18(21-9-5-6-10-23-11-13-25-14-12-23)22-15-19(3,24)17-8-7-16(2)26-17;/h7-8,24H,4-6,9-15H2,1-3H3,(H2,20,21,22);1H. The maximum atomic E-state index is 10.6. The van der Waals surface area contributed by atoms with Crippen molar-refractivity contribution in [1.82, 2.24) is 15.5 Å². The van der Waals surface area contributed by atoms with Crippen LogP contribution in [0.2, 0.25) is 0 Å². The lowest BCUT2D eigenvalue weighted by Crippen LogP contribution is -2.40. The molecule has 1 aromatic heterocycles. The predicted molar refractivity (Wildman–Crippen MR) is 119 cm³/mol. The van der Waals surface area contributed by atoms with E-state index in [1.54, 1.807) is 13.0 Å². The van der Waals surface area contributed by atoms with Crippen molar-refractivity contribution in [2.24, 2.45) is 4.99 Å². The van der Waals surface area contributed by atoms with Crippen LogP contribution in [0, 0.1) is 6.92 Å². The van der Waals surface area contributed by atoms with Crippen LogP contribution in [0.1, 0.15) is 38.2 Å². The fourth-order valence-corrected chi connectivity index (χ4v) is 2.87. The van der Waals surface area contributed by atoms with Gasteiger partial charge in [0, 0.05) is 26.2 Å². The third-order valence-corrected chi connectivity index (χ3v) is 4.46. The lowest BCUT2D eigenvalue weighted by molar-refractivity contribution is 0.0372. The molecule has 0 saturated carbocycles. The van der Waals surface area contributed by atoms with E-state index in [-0.39, 0.29) is 30.5 Å². The zero-order chi connectivity index (χ0) is 18.8. The van der Waals surface area contributed by atoms with Gasteiger partial charge in [-0.1, -0.05) is 0 Å². The van der Waals surface area contributed by atoms with E-state index in [1.165, 1.54) is 0 Å². The normalized spacial score (nSPS) is 17.9. The number of nitrogens with one attached hydrogen (secondary N) is 2. The Morgan fingerprint density at radius 1 is 1.26 bits per heavy atom. The largest absolute Gasteiger partial charge is 0.463 e. The van der Waals surface area contributed by atoms with Crippen molar-refractivity contribution < 1.29 is 14.3 Å². The van der Waals surface area contributed by atoms with Crippen LogP contribution in [0.3, 0.4) is 0 Å². The molecule has 0 radical (unpaired) electrons. The van der Waals surface area contributed by atoms with E-state index in [0.29, 0.717) is 5.76 Å². The van der Waals surface area contributed by atoms with Crippen LogP contribution in [-0.4, -0.2) is 68.4 Å². The highest BCUT2D eigenvalue weighted by Gasteiger charge is 2.26. The Hall–Kier alpha value is -0.840. The Morgan fingerprint density at radius 3 is 2.63 bits per heavy atom. The molecule has 0 aliphatic carbocycles. The Labute approximate surface area is 180 Å². The number of aliphatic imine (C=N–C) groups is 1. The molecule has 1 atom stereocenters. The topological polar surface area (TPSA) is 82.3 Å². The maximum Gasteiger partial charge on any atom is 0.191 e. The number of hydrogen-bond donors (Lipinski definition) is 3. The predicted octanol–water partition coefficient (Wildman–Crippen LogP) is 2.08. The number of hydrogen-bond acceptors (Lipinski definition) is 5. The second-order valence-corrected chi connectivity index (χ2v) is 6.97. The number of guanidine groups is 1. The molecule has 27 heavy (non-hydrogen) atoms. The van der Waals surface area contributed by atoms with E-state index < -0.39 is 5.60 Å². The summed E-state index contributed by atoms with van der Waals surface area (Å²) in [7, 11) is 0. The first-order valence-corrected chi connectivity index (χ1v) is 9.63. The molecule has 1 unspecified atom stereocenters. The number of aliphatic hydroxyl groups is 1. The van der Waals surface area contributed by atoms with E-state index in [1.807, 2.05) is 19.9 Å². The van der Waals surface area contributed by atoms with Gasteiger partial charge in [0.1, 0.15) is 17.1 Å². The van der Waals surface area contributed by atoms with Crippen LogP contribution in [-0.2, 0) is 10.3 Å². The fourth-order valence-electron chi connectivity index (χ4n) is 2.87. The quantitative estimate of drug-likeness (QED) is 0.211. The highest BCUT2D eigenvalue weighted by Crippen LogP contribution is 2.22. The summed E-state index contributed by atoms with van der Waals surface area (Å²) in [6.07, 6.45) is 2.23. The third kappa shape index (κ3) is 8.80. The van der Waals surface area contributed by atoms with Crippen molar-refractivity contribution in [1.29, 1.82) is 0 Å². The summed E-state index contributed by atoms with van der Waals surface area (Å²) in [4.78, 5) is 6.97. The first-order chi connectivity index (χ1) is 12.5. The number of rotatable bonds is 9. The van der Waals surface area contributed by atoms with Crippen LogP contribution in [0.15, 0.2) is 21.5 Å². The molecule has 2 heterocycles. The number of nitrogens with zero attached hydrogens (tertiary/aromatic N) is 2. The molecule has 0 spiro atoms. The SMILES string of the molecule is CCNC(=NCC(C)(O)c1ccc(C)o1)NCCCCN1CCOCC1.I. The van der Waals surface area contributed by atoms with Gasteiger partial charge in [-0.25, -0.2) is 4.99 Å². The molecule has 0 aromatic carbocycles. The number of morpholine rings is 1. The average Bonchev–Trinajstić information content (AvgIpc) is 3.07. The van der Waals surface area contributed by atoms with Crippen LogP contribution in [0.4, 0.5) is 0 Å². The minimum Gasteiger partial charge on any atom is -0.463 e. The Kier molecular flexibility index (Phi) is 11.3. The van der Waals surface area contributed by atoms with Crippen LogP contribution < -0.4 is 10.6 Å². The molecule has 7 nitrogen and oxygen atoms in total. The zero-order valence-electron chi connectivity index (χ0n) is 16.8. The molecule has 0 amide bonds.